The minimum absolute atomic E-state index is 0.0475. The topological polar surface area (TPSA) is 32.3 Å². The molecule has 2 aromatic carbocycles. The molecule has 3 nitrogen and oxygen atoms in total. The molecule has 0 spiro atoms. The number of halogens is 2. The molecular formula is C19H22BrFN2O. The molecule has 0 heterocycles. The SMILES string of the molecule is CCCN(C(=O)NCc1ccc(F)cc1)[C@H](C)c1ccccc1Br. The van der Waals surface area contributed by atoms with Crippen molar-refractivity contribution in [3.8, 4) is 0 Å². The molecule has 1 atom stereocenters. The van der Waals surface area contributed by atoms with E-state index in [-0.39, 0.29) is 17.9 Å². The Morgan fingerprint density at radius 2 is 1.88 bits per heavy atom. The Bertz CT molecular complexity index is 675. The third-order valence-corrected chi connectivity index (χ3v) is 4.63. The minimum atomic E-state index is -0.278. The van der Waals surface area contributed by atoms with Crippen LogP contribution in [0.5, 0.6) is 0 Å². The van der Waals surface area contributed by atoms with Gasteiger partial charge < -0.3 is 10.2 Å². The highest BCUT2D eigenvalue weighted by Crippen LogP contribution is 2.27. The quantitative estimate of drug-likeness (QED) is 0.713. The van der Waals surface area contributed by atoms with Crippen molar-refractivity contribution in [1.29, 1.82) is 0 Å². The summed E-state index contributed by atoms with van der Waals surface area (Å²) in [6.07, 6.45) is 0.874. The van der Waals surface area contributed by atoms with Gasteiger partial charge in [-0.3, -0.25) is 0 Å². The van der Waals surface area contributed by atoms with Gasteiger partial charge in [0.15, 0.2) is 0 Å². The maximum atomic E-state index is 12.9. The number of benzene rings is 2. The summed E-state index contributed by atoms with van der Waals surface area (Å²) in [6.45, 7) is 5.11. The molecule has 0 aliphatic heterocycles. The Balaban J connectivity index is 2.07. The van der Waals surface area contributed by atoms with Gasteiger partial charge in [0.25, 0.3) is 0 Å². The van der Waals surface area contributed by atoms with Crippen molar-refractivity contribution < 1.29 is 9.18 Å². The highest BCUT2D eigenvalue weighted by atomic mass is 79.9. The van der Waals surface area contributed by atoms with E-state index in [9.17, 15) is 9.18 Å². The fourth-order valence-corrected chi connectivity index (χ4v) is 3.19. The molecule has 2 rings (SSSR count). The second kappa shape index (κ2) is 8.83. The Hall–Kier alpha value is -1.88. The van der Waals surface area contributed by atoms with Gasteiger partial charge >= 0.3 is 6.03 Å². The first-order valence-corrected chi connectivity index (χ1v) is 8.85. The summed E-state index contributed by atoms with van der Waals surface area (Å²) in [5, 5.41) is 2.92. The van der Waals surface area contributed by atoms with Crippen molar-refractivity contribution in [3.05, 3.63) is 69.9 Å². The highest BCUT2D eigenvalue weighted by Gasteiger charge is 2.21. The van der Waals surface area contributed by atoms with Gasteiger partial charge in [0.05, 0.1) is 6.04 Å². The Morgan fingerprint density at radius 3 is 2.50 bits per heavy atom. The first-order chi connectivity index (χ1) is 11.5. The molecule has 0 aromatic heterocycles. The molecule has 128 valence electrons. The molecule has 0 saturated heterocycles. The standard InChI is InChI=1S/C19H22BrFN2O/c1-3-12-23(14(2)17-6-4-5-7-18(17)20)19(24)22-13-15-8-10-16(21)11-9-15/h4-11,14H,3,12-13H2,1-2H3,(H,22,24)/t14-/m1/s1. The first-order valence-electron chi connectivity index (χ1n) is 8.06. The molecule has 2 amide bonds. The largest absolute Gasteiger partial charge is 0.334 e. The number of rotatable bonds is 6. The number of hydrogen-bond acceptors (Lipinski definition) is 1. The van der Waals surface area contributed by atoms with Crippen LogP contribution in [-0.2, 0) is 6.54 Å². The molecule has 0 aliphatic rings. The molecule has 24 heavy (non-hydrogen) atoms. The third-order valence-electron chi connectivity index (χ3n) is 3.91. The molecule has 2 aromatic rings. The van der Waals surface area contributed by atoms with E-state index in [1.807, 2.05) is 43.0 Å². The summed E-state index contributed by atoms with van der Waals surface area (Å²) >= 11 is 3.55. The Morgan fingerprint density at radius 1 is 1.21 bits per heavy atom. The summed E-state index contributed by atoms with van der Waals surface area (Å²) in [4.78, 5) is 14.4. The summed E-state index contributed by atoms with van der Waals surface area (Å²) < 4.78 is 13.9. The predicted molar refractivity (Wildman–Crippen MR) is 98.2 cm³/mol. The van der Waals surface area contributed by atoms with Crippen molar-refractivity contribution in [1.82, 2.24) is 10.2 Å². The number of carbonyl (C=O) groups is 1. The maximum Gasteiger partial charge on any atom is 0.318 e. The van der Waals surface area contributed by atoms with Crippen molar-refractivity contribution in [2.24, 2.45) is 0 Å². The van der Waals surface area contributed by atoms with Crippen LogP contribution >= 0.6 is 15.9 Å². The monoisotopic (exact) mass is 392 g/mol. The molecule has 0 fully saturated rings. The van der Waals surface area contributed by atoms with Crippen molar-refractivity contribution in [3.63, 3.8) is 0 Å². The van der Waals surface area contributed by atoms with Crippen LogP contribution in [0.4, 0.5) is 9.18 Å². The highest BCUT2D eigenvalue weighted by molar-refractivity contribution is 9.10. The van der Waals surface area contributed by atoms with Gasteiger partial charge in [-0.25, -0.2) is 9.18 Å². The van der Waals surface area contributed by atoms with Crippen LogP contribution in [0.1, 0.15) is 37.4 Å². The third kappa shape index (κ3) is 4.81. The average Bonchev–Trinajstić information content (AvgIpc) is 2.59. The van der Waals surface area contributed by atoms with E-state index in [0.717, 1.165) is 22.0 Å². The van der Waals surface area contributed by atoms with Gasteiger partial charge in [0, 0.05) is 17.6 Å². The molecule has 0 unspecified atom stereocenters. The lowest BCUT2D eigenvalue weighted by Crippen LogP contribution is -2.41. The molecule has 0 saturated carbocycles. The molecule has 0 aliphatic carbocycles. The second-order valence-electron chi connectivity index (χ2n) is 5.68. The number of amides is 2. The van der Waals surface area contributed by atoms with Crippen molar-refractivity contribution in [2.75, 3.05) is 6.54 Å². The zero-order valence-electron chi connectivity index (χ0n) is 13.9. The van der Waals surface area contributed by atoms with Gasteiger partial charge in [0.1, 0.15) is 5.82 Å². The van der Waals surface area contributed by atoms with Crippen LogP contribution in [0.25, 0.3) is 0 Å². The van der Waals surface area contributed by atoms with Crippen molar-refractivity contribution in [2.45, 2.75) is 32.9 Å². The van der Waals surface area contributed by atoms with E-state index in [1.54, 1.807) is 12.1 Å². The fourth-order valence-electron chi connectivity index (χ4n) is 2.58. The van der Waals surface area contributed by atoms with Crippen LogP contribution in [-0.4, -0.2) is 17.5 Å². The number of urea groups is 1. The lowest BCUT2D eigenvalue weighted by atomic mass is 10.1. The van der Waals surface area contributed by atoms with Crippen LogP contribution in [0.3, 0.4) is 0 Å². The van der Waals surface area contributed by atoms with E-state index in [1.165, 1.54) is 12.1 Å². The molecule has 0 radical (unpaired) electrons. The number of hydrogen-bond donors (Lipinski definition) is 1. The minimum Gasteiger partial charge on any atom is -0.334 e. The molecule has 0 bridgehead atoms. The smallest absolute Gasteiger partial charge is 0.318 e. The number of carbonyl (C=O) groups excluding carboxylic acids is 1. The van der Waals surface area contributed by atoms with E-state index in [4.69, 9.17) is 0 Å². The van der Waals surface area contributed by atoms with Gasteiger partial charge in [-0.1, -0.05) is 53.2 Å². The maximum absolute atomic E-state index is 12.9. The average molecular weight is 393 g/mol. The predicted octanol–water partition coefficient (Wildman–Crippen LogP) is 5.27. The summed E-state index contributed by atoms with van der Waals surface area (Å²) in [6, 6.07) is 13.9. The summed E-state index contributed by atoms with van der Waals surface area (Å²) in [5.41, 5.74) is 1.94. The molecular weight excluding hydrogens is 371 g/mol. The Labute approximate surface area is 151 Å². The second-order valence-corrected chi connectivity index (χ2v) is 6.53. The first kappa shape index (κ1) is 18.5. The van der Waals surface area contributed by atoms with Crippen LogP contribution < -0.4 is 5.32 Å². The normalized spacial score (nSPS) is 11.8. The van der Waals surface area contributed by atoms with Crippen LogP contribution in [0.15, 0.2) is 53.0 Å². The lowest BCUT2D eigenvalue weighted by Gasteiger charge is -2.30. The zero-order chi connectivity index (χ0) is 17.5. The van der Waals surface area contributed by atoms with E-state index < -0.39 is 0 Å². The summed E-state index contributed by atoms with van der Waals surface area (Å²) in [5.74, 6) is -0.278. The van der Waals surface area contributed by atoms with Gasteiger partial charge in [0.2, 0.25) is 0 Å². The number of nitrogens with one attached hydrogen (secondary N) is 1. The Kier molecular flexibility index (Phi) is 6.79. The van der Waals surface area contributed by atoms with Gasteiger partial charge in [-0.15, -0.1) is 0 Å². The van der Waals surface area contributed by atoms with Gasteiger partial charge in [-0.2, -0.15) is 0 Å². The van der Waals surface area contributed by atoms with Crippen molar-refractivity contribution >= 4 is 22.0 Å². The molecule has 1 N–H and O–H groups in total. The van der Waals surface area contributed by atoms with E-state index >= 15 is 0 Å². The van der Waals surface area contributed by atoms with E-state index in [0.29, 0.717) is 13.1 Å². The fraction of sp³-hybridized carbons (Fsp3) is 0.316. The summed E-state index contributed by atoms with van der Waals surface area (Å²) in [7, 11) is 0. The lowest BCUT2D eigenvalue weighted by molar-refractivity contribution is 0.178. The van der Waals surface area contributed by atoms with Crippen LogP contribution in [0.2, 0.25) is 0 Å². The van der Waals surface area contributed by atoms with Crippen LogP contribution in [0, 0.1) is 5.82 Å². The van der Waals surface area contributed by atoms with E-state index in [2.05, 4.69) is 21.2 Å². The number of nitrogens with zero attached hydrogens (tertiary/aromatic N) is 1. The zero-order valence-corrected chi connectivity index (χ0v) is 15.5. The van der Waals surface area contributed by atoms with Gasteiger partial charge in [-0.05, 0) is 42.7 Å². The molecule has 5 heteroatoms.